The zero-order chi connectivity index (χ0) is 12.2. The molecule has 0 unspecified atom stereocenters. The number of methoxy groups -OCH3 is 1. The van der Waals surface area contributed by atoms with E-state index in [-0.39, 0.29) is 17.5 Å². The smallest absolute Gasteiger partial charge is 0.315 e. The monoisotopic (exact) mass is 228 g/mol. The highest BCUT2D eigenvalue weighted by molar-refractivity contribution is 5.82. The third-order valence-corrected chi connectivity index (χ3v) is 3.91. The molecule has 0 spiro atoms. The van der Waals surface area contributed by atoms with Crippen LogP contribution in [0.4, 0.5) is 0 Å². The highest BCUT2D eigenvalue weighted by Crippen LogP contribution is 2.67. The molecule has 1 saturated carbocycles. The maximum Gasteiger partial charge on any atom is 0.315 e. The molecule has 0 radical (unpaired) electrons. The van der Waals surface area contributed by atoms with Crippen LogP contribution in [0.5, 0.6) is 0 Å². The summed E-state index contributed by atoms with van der Waals surface area (Å²) < 4.78 is 16.3. The normalized spacial score (nSPS) is 39.4. The van der Waals surface area contributed by atoms with Gasteiger partial charge in [-0.1, -0.05) is 13.8 Å². The summed E-state index contributed by atoms with van der Waals surface area (Å²) in [6.45, 7) is 8.34. The molecular weight excluding hydrogens is 208 g/mol. The van der Waals surface area contributed by atoms with Gasteiger partial charge in [0.25, 0.3) is 0 Å². The first-order valence-corrected chi connectivity index (χ1v) is 5.65. The van der Waals surface area contributed by atoms with Crippen molar-refractivity contribution in [2.45, 2.75) is 46.0 Å². The Bertz CT molecular complexity index is 321. The predicted octanol–water partition coefficient (Wildman–Crippen LogP) is 1.73. The third kappa shape index (κ3) is 1.47. The van der Waals surface area contributed by atoms with E-state index in [0.29, 0.717) is 6.61 Å². The van der Waals surface area contributed by atoms with Crippen LogP contribution in [0.25, 0.3) is 0 Å². The van der Waals surface area contributed by atoms with E-state index in [1.165, 1.54) is 7.11 Å². The van der Waals surface area contributed by atoms with Crippen LogP contribution >= 0.6 is 0 Å². The molecule has 4 nitrogen and oxygen atoms in total. The molecule has 0 aromatic heterocycles. The van der Waals surface area contributed by atoms with Crippen molar-refractivity contribution in [3.8, 4) is 0 Å². The van der Waals surface area contributed by atoms with E-state index in [0.717, 1.165) is 6.42 Å². The minimum absolute atomic E-state index is 0.0610. The van der Waals surface area contributed by atoms with Gasteiger partial charge in [0.15, 0.2) is 5.79 Å². The third-order valence-electron chi connectivity index (χ3n) is 3.91. The van der Waals surface area contributed by atoms with E-state index in [1.54, 1.807) is 0 Å². The Morgan fingerprint density at radius 2 is 1.88 bits per heavy atom. The van der Waals surface area contributed by atoms with Crippen LogP contribution in [-0.2, 0) is 19.0 Å². The number of hydrogen-bond acceptors (Lipinski definition) is 4. The van der Waals surface area contributed by atoms with Crippen LogP contribution in [-0.4, -0.2) is 31.6 Å². The molecule has 2 rings (SSSR count). The molecule has 0 N–H and O–H groups in total. The molecule has 92 valence electrons. The lowest BCUT2D eigenvalue weighted by molar-refractivity contribution is -0.167. The predicted molar refractivity (Wildman–Crippen MR) is 57.8 cm³/mol. The Morgan fingerprint density at radius 1 is 1.31 bits per heavy atom. The van der Waals surface area contributed by atoms with Crippen LogP contribution in [0.2, 0.25) is 0 Å². The zero-order valence-electron chi connectivity index (χ0n) is 10.6. The average molecular weight is 228 g/mol. The summed E-state index contributed by atoms with van der Waals surface area (Å²) in [6.07, 6.45) is 0.612. The Hall–Kier alpha value is -0.610. The van der Waals surface area contributed by atoms with Crippen molar-refractivity contribution in [1.82, 2.24) is 0 Å². The summed E-state index contributed by atoms with van der Waals surface area (Å²) in [6, 6.07) is 0. The van der Waals surface area contributed by atoms with E-state index in [1.807, 2.05) is 13.8 Å². The fraction of sp³-hybridized carbons (Fsp3) is 0.917. The van der Waals surface area contributed by atoms with Gasteiger partial charge in [0, 0.05) is 0 Å². The first-order valence-electron chi connectivity index (χ1n) is 5.65. The number of esters is 1. The van der Waals surface area contributed by atoms with Gasteiger partial charge in [-0.25, -0.2) is 0 Å². The maximum atomic E-state index is 12.0. The molecule has 0 aromatic carbocycles. The van der Waals surface area contributed by atoms with Crippen molar-refractivity contribution in [3.63, 3.8) is 0 Å². The quantitative estimate of drug-likeness (QED) is 0.675. The average Bonchev–Trinajstić information content (AvgIpc) is 2.56. The second kappa shape index (κ2) is 3.20. The minimum Gasteiger partial charge on any atom is -0.468 e. The lowest BCUT2D eigenvalue weighted by atomic mass is 9.90. The summed E-state index contributed by atoms with van der Waals surface area (Å²) in [5.41, 5.74) is -0.579. The first-order chi connectivity index (χ1) is 7.25. The van der Waals surface area contributed by atoms with Gasteiger partial charge < -0.3 is 14.2 Å². The Kier molecular flexibility index (Phi) is 2.37. The van der Waals surface area contributed by atoms with E-state index in [9.17, 15) is 4.79 Å². The Labute approximate surface area is 96.2 Å². The van der Waals surface area contributed by atoms with Gasteiger partial charge in [-0.15, -0.1) is 0 Å². The summed E-state index contributed by atoms with van der Waals surface area (Å²) in [5, 5.41) is 0. The number of carbonyl (C=O) groups is 1. The summed E-state index contributed by atoms with van der Waals surface area (Å²) in [5.74, 6) is -0.770. The molecule has 2 atom stereocenters. The van der Waals surface area contributed by atoms with Gasteiger partial charge in [-0.2, -0.15) is 0 Å². The molecule has 16 heavy (non-hydrogen) atoms. The van der Waals surface area contributed by atoms with Crippen LogP contribution in [0.3, 0.4) is 0 Å². The van der Waals surface area contributed by atoms with E-state index >= 15 is 0 Å². The van der Waals surface area contributed by atoms with Crippen LogP contribution < -0.4 is 0 Å². The number of rotatable bonds is 2. The van der Waals surface area contributed by atoms with E-state index in [2.05, 4.69) is 13.8 Å². The lowest BCUT2D eigenvalue weighted by Crippen LogP contribution is -2.38. The molecule has 1 heterocycles. The van der Waals surface area contributed by atoms with Crippen LogP contribution in [0.15, 0.2) is 0 Å². The molecule has 0 bridgehead atoms. The van der Waals surface area contributed by atoms with Crippen molar-refractivity contribution in [2.24, 2.45) is 10.8 Å². The molecule has 1 aliphatic heterocycles. The van der Waals surface area contributed by atoms with Crippen molar-refractivity contribution >= 4 is 5.97 Å². The first kappa shape index (κ1) is 11.9. The van der Waals surface area contributed by atoms with Gasteiger partial charge in [-0.05, 0) is 25.7 Å². The van der Waals surface area contributed by atoms with Crippen molar-refractivity contribution in [1.29, 1.82) is 0 Å². The second-order valence-electron chi connectivity index (χ2n) is 5.84. The van der Waals surface area contributed by atoms with E-state index < -0.39 is 11.2 Å². The fourth-order valence-electron chi connectivity index (χ4n) is 2.79. The number of carbonyl (C=O) groups excluding carboxylic acids is 1. The van der Waals surface area contributed by atoms with Gasteiger partial charge in [0.2, 0.25) is 0 Å². The molecule has 1 aliphatic carbocycles. The van der Waals surface area contributed by atoms with Crippen LogP contribution in [0, 0.1) is 10.8 Å². The molecule has 0 aromatic rings. The van der Waals surface area contributed by atoms with Crippen LogP contribution in [0.1, 0.15) is 34.1 Å². The Balaban J connectivity index is 2.21. The second-order valence-corrected chi connectivity index (χ2v) is 5.84. The highest BCUT2D eigenvalue weighted by atomic mass is 16.7. The standard InChI is InChI=1S/C12H20O4/c1-10(2)7-12(10,9(13)14-5)8-6-15-11(3,4)16-8/h8H,6-7H2,1-5H3/t8-,12+/m1/s1. The SMILES string of the molecule is COC(=O)[C@@]1([C@H]2COC(C)(C)O2)CC1(C)C. The zero-order valence-corrected chi connectivity index (χ0v) is 10.6. The topological polar surface area (TPSA) is 44.8 Å². The minimum atomic E-state index is -0.593. The van der Waals surface area contributed by atoms with Crippen molar-refractivity contribution in [2.75, 3.05) is 13.7 Å². The van der Waals surface area contributed by atoms with Gasteiger partial charge in [0.05, 0.1) is 13.7 Å². The van der Waals surface area contributed by atoms with Gasteiger partial charge >= 0.3 is 5.97 Å². The highest BCUT2D eigenvalue weighted by Gasteiger charge is 2.73. The van der Waals surface area contributed by atoms with Gasteiger partial charge in [-0.3, -0.25) is 4.79 Å². The number of ether oxygens (including phenoxy) is 3. The summed E-state index contributed by atoms with van der Waals surface area (Å²) in [4.78, 5) is 12.0. The van der Waals surface area contributed by atoms with E-state index in [4.69, 9.17) is 14.2 Å². The van der Waals surface area contributed by atoms with Crippen molar-refractivity contribution in [3.05, 3.63) is 0 Å². The molecule has 2 fully saturated rings. The maximum absolute atomic E-state index is 12.0. The number of hydrogen-bond donors (Lipinski definition) is 0. The lowest BCUT2D eigenvalue weighted by Gasteiger charge is -2.25. The molecule has 0 amide bonds. The molecule has 2 aliphatic rings. The molecule has 4 heteroatoms. The largest absolute Gasteiger partial charge is 0.468 e. The molecule has 1 saturated heterocycles. The van der Waals surface area contributed by atoms with Crippen molar-refractivity contribution < 1.29 is 19.0 Å². The van der Waals surface area contributed by atoms with Gasteiger partial charge in [0.1, 0.15) is 11.5 Å². The summed E-state index contributed by atoms with van der Waals surface area (Å²) >= 11 is 0. The summed E-state index contributed by atoms with van der Waals surface area (Å²) in [7, 11) is 1.43. The molecular formula is C12H20O4. The Morgan fingerprint density at radius 3 is 2.19 bits per heavy atom. The fourth-order valence-corrected chi connectivity index (χ4v) is 2.79.